The highest BCUT2D eigenvalue weighted by atomic mass is 16.5. The summed E-state index contributed by atoms with van der Waals surface area (Å²) < 4.78 is 11.1. The number of hydrogen-bond donors (Lipinski definition) is 0. The lowest BCUT2D eigenvalue weighted by Gasteiger charge is -2.43. The van der Waals surface area contributed by atoms with E-state index in [1.807, 2.05) is 6.07 Å². The normalized spacial score (nSPS) is 27.3. The lowest BCUT2D eigenvalue weighted by atomic mass is 9.83. The number of ether oxygens (including phenoxy) is 2. The minimum atomic E-state index is -0.0360. The molecule has 1 aromatic rings. The average Bonchev–Trinajstić information content (AvgIpc) is 2.60. The summed E-state index contributed by atoms with van der Waals surface area (Å²) in [4.78, 5) is 24.5. The van der Waals surface area contributed by atoms with Gasteiger partial charge < -0.3 is 19.3 Å². The number of rotatable bonds is 3. The SMILES string of the molecule is COc1cc(N2CC[C@@H]3OC[C@H](C(=O)N(C)C)C[C@@H]3C2)ncn1. The molecule has 0 saturated carbocycles. The van der Waals surface area contributed by atoms with Gasteiger partial charge in [0.25, 0.3) is 0 Å². The number of amides is 1. The topological polar surface area (TPSA) is 67.8 Å². The van der Waals surface area contributed by atoms with Crippen LogP contribution < -0.4 is 9.64 Å². The summed E-state index contributed by atoms with van der Waals surface area (Å²) in [6.07, 6.45) is 3.61. The Morgan fingerprint density at radius 2 is 2.26 bits per heavy atom. The molecule has 126 valence electrons. The zero-order valence-corrected chi connectivity index (χ0v) is 13.9. The highest BCUT2D eigenvalue weighted by Crippen LogP contribution is 2.33. The lowest BCUT2D eigenvalue weighted by Crippen LogP contribution is -2.50. The van der Waals surface area contributed by atoms with E-state index in [1.54, 1.807) is 26.1 Å². The van der Waals surface area contributed by atoms with Crippen LogP contribution in [0.3, 0.4) is 0 Å². The molecular formula is C16H24N4O3. The van der Waals surface area contributed by atoms with Gasteiger partial charge >= 0.3 is 0 Å². The van der Waals surface area contributed by atoms with Crippen molar-refractivity contribution < 1.29 is 14.3 Å². The molecule has 3 rings (SSSR count). The van der Waals surface area contributed by atoms with E-state index in [1.165, 1.54) is 6.33 Å². The molecule has 0 unspecified atom stereocenters. The van der Waals surface area contributed by atoms with Gasteiger partial charge in [-0.3, -0.25) is 4.79 Å². The van der Waals surface area contributed by atoms with Gasteiger partial charge in [-0.15, -0.1) is 0 Å². The average molecular weight is 320 g/mol. The molecule has 0 bridgehead atoms. The molecule has 7 heteroatoms. The Hall–Kier alpha value is -1.89. The van der Waals surface area contributed by atoms with Gasteiger partial charge in [-0.1, -0.05) is 0 Å². The molecule has 1 amide bonds. The largest absolute Gasteiger partial charge is 0.481 e. The number of nitrogens with zero attached hydrogens (tertiary/aromatic N) is 4. The van der Waals surface area contributed by atoms with E-state index in [2.05, 4.69) is 14.9 Å². The monoisotopic (exact) mass is 320 g/mol. The van der Waals surface area contributed by atoms with Gasteiger partial charge in [-0.2, -0.15) is 0 Å². The Morgan fingerprint density at radius 3 is 3.00 bits per heavy atom. The van der Waals surface area contributed by atoms with Crippen molar-refractivity contribution in [3.8, 4) is 5.88 Å². The molecule has 0 aliphatic carbocycles. The van der Waals surface area contributed by atoms with E-state index in [4.69, 9.17) is 9.47 Å². The molecule has 2 aliphatic rings. The fourth-order valence-electron chi connectivity index (χ4n) is 3.49. The maximum Gasteiger partial charge on any atom is 0.227 e. The first-order chi connectivity index (χ1) is 11.1. The number of fused-ring (bicyclic) bond motifs is 1. The zero-order chi connectivity index (χ0) is 16.4. The molecule has 3 atom stereocenters. The summed E-state index contributed by atoms with van der Waals surface area (Å²) in [7, 11) is 5.20. The van der Waals surface area contributed by atoms with Crippen molar-refractivity contribution in [2.24, 2.45) is 11.8 Å². The summed E-state index contributed by atoms with van der Waals surface area (Å²) in [6, 6.07) is 1.85. The van der Waals surface area contributed by atoms with E-state index in [0.29, 0.717) is 18.4 Å². The number of aromatic nitrogens is 2. The minimum absolute atomic E-state index is 0.0360. The van der Waals surface area contributed by atoms with E-state index in [0.717, 1.165) is 31.7 Å². The van der Waals surface area contributed by atoms with Crippen molar-refractivity contribution in [2.45, 2.75) is 18.9 Å². The summed E-state index contributed by atoms with van der Waals surface area (Å²) in [5.41, 5.74) is 0. The van der Waals surface area contributed by atoms with Crippen LogP contribution in [0.1, 0.15) is 12.8 Å². The van der Waals surface area contributed by atoms with Crippen LogP contribution in [-0.4, -0.2) is 67.8 Å². The van der Waals surface area contributed by atoms with Crippen LogP contribution in [0.5, 0.6) is 5.88 Å². The fourth-order valence-corrected chi connectivity index (χ4v) is 3.49. The summed E-state index contributed by atoms with van der Waals surface area (Å²) in [6.45, 7) is 2.29. The van der Waals surface area contributed by atoms with Gasteiger partial charge in [-0.05, 0) is 12.8 Å². The molecule has 0 aromatic carbocycles. The predicted molar refractivity (Wildman–Crippen MR) is 85.4 cm³/mol. The number of hydrogen-bond acceptors (Lipinski definition) is 6. The van der Waals surface area contributed by atoms with Gasteiger partial charge in [0.1, 0.15) is 12.1 Å². The quantitative estimate of drug-likeness (QED) is 0.821. The Kier molecular flexibility index (Phi) is 4.66. The molecule has 2 aliphatic heterocycles. The lowest BCUT2D eigenvalue weighted by molar-refractivity contribution is -0.143. The Labute approximate surface area is 136 Å². The van der Waals surface area contributed by atoms with Crippen LogP contribution in [0.2, 0.25) is 0 Å². The molecule has 23 heavy (non-hydrogen) atoms. The molecule has 7 nitrogen and oxygen atoms in total. The van der Waals surface area contributed by atoms with Gasteiger partial charge in [0.15, 0.2) is 0 Å². The van der Waals surface area contributed by atoms with E-state index >= 15 is 0 Å². The van der Waals surface area contributed by atoms with Gasteiger partial charge in [0.05, 0.1) is 25.7 Å². The summed E-state index contributed by atoms with van der Waals surface area (Å²) >= 11 is 0. The fraction of sp³-hybridized carbons (Fsp3) is 0.688. The maximum absolute atomic E-state index is 12.2. The second kappa shape index (κ2) is 6.70. The zero-order valence-electron chi connectivity index (χ0n) is 13.9. The first kappa shape index (κ1) is 16.0. The molecule has 0 N–H and O–H groups in total. The molecule has 3 heterocycles. The summed E-state index contributed by atoms with van der Waals surface area (Å²) in [5, 5.41) is 0. The van der Waals surface area contributed by atoms with E-state index < -0.39 is 0 Å². The highest BCUT2D eigenvalue weighted by Gasteiger charge is 2.39. The number of anilines is 1. The minimum Gasteiger partial charge on any atom is -0.481 e. The van der Waals surface area contributed by atoms with Crippen molar-refractivity contribution >= 4 is 11.7 Å². The predicted octanol–water partition coefficient (Wildman–Crippen LogP) is 0.805. The molecule has 0 spiro atoms. The first-order valence-electron chi connectivity index (χ1n) is 8.02. The van der Waals surface area contributed by atoms with Gasteiger partial charge in [0.2, 0.25) is 11.8 Å². The van der Waals surface area contributed by atoms with E-state index in [9.17, 15) is 4.79 Å². The van der Waals surface area contributed by atoms with Crippen molar-refractivity contribution in [3.05, 3.63) is 12.4 Å². The number of carbonyl (C=O) groups excluding carboxylic acids is 1. The van der Waals surface area contributed by atoms with Crippen LogP contribution in [0, 0.1) is 11.8 Å². The van der Waals surface area contributed by atoms with E-state index in [-0.39, 0.29) is 17.9 Å². The first-order valence-corrected chi connectivity index (χ1v) is 8.02. The van der Waals surface area contributed by atoms with Crippen molar-refractivity contribution in [1.29, 1.82) is 0 Å². The van der Waals surface area contributed by atoms with Crippen molar-refractivity contribution in [3.63, 3.8) is 0 Å². The van der Waals surface area contributed by atoms with Crippen LogP contribution in [-0.2, 0) is 9.53 Å². The number of carbonyl (C=O) groups is 1. The molecule has 2 fully saturated rings. The third-order valence-electron chi connectivity index (χ3n) is 4.71. The highest BCUT2D eigenvalue weighted by molar-refractivity contribution is 5.78. The van der Waals surface area contributed by atoms with Gasteiger partial charge in [0, 0.05) is 39.2 Å². The third kappa shape index (κ3) is 3.39. The molecular weight excluding hydrogens is 296 g/mol. The number of methoxy groups -OCH3 is 1. The van der Waals surface area contributed by atoms with Crippen molar-refractivity contribution in [1.82, 2.24) is 14.9 Å². The second-order valence-electron chi connectivity index (χ2n) is 6.45. The van der Waals surface area contributed by atoms with Crippen LogP contribution in [0.4, 0.5) is 5.82 Å². The standard InChI is InChI=1S/C16H24N4O3/c1-19(2)16(21)12-6-11-8-20(5-4-13(11)23-9-12)14-7-15(22-3)18-10-17-14/h7,10-13H,4-6,8-9H2,1-3H3/t11-,12-,13+/m1/s1. The third-order valence-corrected chi connectivity index (χ3v) is 4.71. The molecule has 0 radical (unpaired) electrons. The second-order valence-corrected chi connectivity index (χ2v) is 6.45. The van der Waals surface area contributed by atoms with Crippen LogP contribution in [0.25, 0.3) is 0 Å². The Balaban J connectivity index is 1.68. The van der Waals surface area contributed by atoms with Crippen LogP contribution >= 0.6 is 0 Å². The molecule has 2 saturated heterocycles. The maximum atomic E-state index is 12.2. The van der Waals surface area contributed by atoms with Crippen molar-refractivity contribution in [2.75, 3.05) is 45.8 Å². The molecule has 1 aromatic heterocycles. The summed E-state index contributed by atoms with van der Waals surface area (Å²) in [5.74, 6) is 1.91. The Bertz CT molecular complexity index is 566. The Morgan fingerprint density at radius 1 is 1.43 bits per heavy atom. The number of piperidine rings is 1. The van der Waals surface area contributed by atoms with Crippen LogP contribution in [0.15, 0.2) is 12.4 Å². The van der Waals surface area contributed by atoms with Gasteiger partial charge in [-0.25, -0.2) is 9.97 Å². The smallest absolute Gasteiger partial charge is 0.227 e.